The van der Waals surface area contributed by atoms with Crippen LogP contribution >= 0.6 is 15.9 Å². The SMILES string of the molecule is O=C(NC(Cc1cnc[nH]1)C(=O)O)c1ccc(Br)c(O)c1. The molecular weight excluding hydrogens is 342 g/mol. The Hall–Kier alpha value is -2.35. The number of benzene rings is 1. The Kier molecular flexibility index (Phi) is 4.59. The van der Waals surface area contributed by atoms with Crippen LogP contribution in [0.3, 0.4) is 0 Å². The van der Waals surface area contributed by atoms with Gasteiger partial charge >= 0.3 is 5.97 Å². The lowest BCUT2D eigenvalue weighted by atomic mass is 10.1. The summed E-state index contributed by atoms with van der Waals surface area (Å²) >= 11 is 3.11. The Morgan fingerprint density at radius 1 is 1.43 bits per heavy atom. The zero-order chi connectivity index (χ0) is 15.4. The maximum atomic E-state index is 12.0. The van der Waals surface area contributed by atoms with Crippen LogP contribution in [0, 0.1) is 0 Å². The number of nitrogens with one attached hydrogen (secondary N) is 2. The first-order chi connectivity index (χ1) is 9.97. The Labute approximate surface area is 128 Å². The summed E-state index contributed by atoms with van der Waals surface area (Å²) in [6.07, 6.45) is 3.01. The number of H-pyrrole nitrogens is 1. The maximum Gasteiger partial charge on any atom is 0.326 e. The molecule has 0 aliphatic carbocycles. The van der Waals surface area contributed by atoms with E-state index in [1.54, 1.807) is 0 Å². The topological polar surface area (TPSA) is 115 Å². The highest BCUT2D eigenvalue weighted by molar-refractivity contribution is 9.10. The molecule has 0 saturated heterocycles. The van der Waals surface area contributed by atoms with E-state index < -0.39 is 17.9 Å². The van der Waals surface area contributed by atoms with E-state index in [0.717, 1.165) is 0 Å². The molecule has 8 heteroatoms. The van der Waals surface area contributed by atoms with E-state index in [9.17, 15) is 14.7 Å². The number of phenolic OH excluding ortho intramolecular Hbond substituents is 1. The number of carboxylic acids is 1. The molecule has 0 aliphatic heterocycles. The second-order valence-corrected chi connectivity index (χ2v) is 5.17. The number of aromatic nitrogens is 2. The van der Waals surface area contributed by atoms with Gasteiger partial charge in [0.25, 0.3) is 5.91 Å². The first-order valence-corrected chi connectivity index (χ1v) is 6.76. The van der Waals surface area contributed by atoms with Crippen LogP contribution in [-0.4, -0.2) is 38.1 Å². The number of hydrogen-bond donors (Lipinski definition) is 4. The normalized spacial score (nSPS) is 11.9. The van der Waals surface area contributed by atoms with Crippen LogP contribution in [0.1, 0.15) is 16.1 Å². The molecule has 0 radical (unpaired) electrons. The largest absolute Gasteiger partial charge is 0.507 e. The lowest BCUT2D eigenvalue weighted by Gasteiger charge is -2.14. The highest BCUT2D eigenvalue weighted by Crippen LogP contribution is 2.24. The van der Waals surface area contributed by atoms with Crippen molar-refractivity contribution in [2.75, 3.05) is 0 Å². The van der Waals surface area contributed by atoms with Gasteiger partial charge in [-0.1, -0.05) is 0 Å². The van der Waals surface area contributed by atoms with Crippen molar-refractivity contribution in [3.63, 3.8) is 0 Å². The van der Waals surface area contributed by atoms with E-state index >= 15 is 0 Å². The van der Waals surface area contributed by atoms with Gasteiger partial charge in [-0.15, -0.1) is 0 Å². The molecule has 1 unspecified atom stereocenters. The average molecular weight is 354 g/mol. The van der Waals surface area contributed by atoms with Crippen LogP contribution in [0.2, 0.25) is 0 Å². The molecule has 1 amide bonds. The zero-order valence-corrected chi connectivity index (χ0v) is 12.3. The number of nitrogens with zero attached hydrogens (tertiary/aromatic N) is 1. The molecule has 1 heterocycles. The second kappa shape index (κ2) is 6.40. The van der Waals surface area contributed by atoms with Gasteiger partial charge in [0.2, 0.25) is 0 Å². The maximum absolute atomic E-state index is 12.0. The van der Waals surface area contributed by atoms with Crippen LogP contribution in [0.5, 0.6) is 5.75 Å². The lowest BCUT2D eigenvalue weighted by Crippen LogP contribution is -2.42. The first-order valence-electron chi connectivity index (χ1n) is 5.97. The summed E-state index contributed by atoms with van der Waals surface area (Å²) in [5.41, 5.74) is 0.771. The first kappa shape index (κ1) is 15.0. The van der Waals surface area contributed by atoms with Crippen molar-refractivity contribution in [3.05, 3.63) is 46.5 Å². The molecule has 7 nitrogen and oxygen atoms in total. The van der Waals surface area contributed by atoms with Gasteiger partial charge in [0.15, 0.2) is 0 Å². The van der Waals surface area contributed by atoms with Crippen molar-refractivity contribution >= 4 is 27.8 Å². The molecule has 0 aliphatic rings. The van der Waals surface area contributed by atoms with Crippen molar-refractivity contribution < 1.29 is 19.8 Å². The van der Waals surface area contributed by atoms with Crippen LogP contribution in [0.25, 0.3) is 0 Å². The van der Waals surface area contributed by atoms with E-state index in [2.05, 4.69) is 31.2 Å². The van der Waals surface area contributed by atoms with Crippen molar-refractivity contribution in [1.29, 1.82) is 0 Å². The minimum Gasteiger partial charge on any atom is -0.507 e. The summed E-state index contributed by atoms with van der Waals surface area (Å²) in [4.78, 5) is 29.8. The minimum absolute atomic E-state index is 0.0869. The third-order valence-corrected chi connectivity index (χ3v) is 3.46. The number of amides is 1. The van der Waals surface area contributed by atoms with E-state index in [0.29, 0.717) is 10.2 Å². The number of halogens is 1. The third-order valence-electron chi connectivity index (χ3n) is 2.79. The van der Waals surface area contributed by atoms with E-state index in [4.69, 9.17) is 5.11 Å². The molecule has 0 spiro atoms. The molecule has 0 fully saturated rings. The second-order valence-electron chi connectivity index (χ2n) is 4.31. The highest BCUT2D eigenvalue weighted by Gasteiger charge is 2.22. The standard InChI is InChI=1S/C13H12BrN3O4/c14-9-2-1-7(3-11(9)18)12(19)17-10(13(20)21)4-8-5-15-6-16-8/h1-3,5-6,10,18H,4H2,(H,15,16)(H,17,19)(H,20,21). The summed E-state index contributed by atoms with van der Waals surface area (Å²) in [6.45, 7) is 0. The van der Waals surface area contributed by atoms with Crippen LogP contribution in [0.15, 0.2) is 35.2 Å². The molecule has 4 N–H and O–H groups in total. The fourth-order valence-corrected chi connectivity index (χ4v) is 1.96. The van der Waals surface area contributed by atoms with Crippen LogP contribution in [0.4, 0.5) is 0 Å². The van der Waals surface area contributed by atoms with E-state index in [1.165, 1.54) is 30.7 Å². The van der Waals surface area contributed by atoms with Crippen molar-refractivity contribution in [1.82, 2.24) is 15.3 Å². The Morgan fingerprint density at radius 2 is 2.19 bits per heavy atom. The van der Waals surface area contributed by atoms with Gasteiger partial charge < -0.3 is 20.5 Å². The van der Waals surface area contributed by atoms with Crippen LogP contribution in [-0.2, 0) is 11.2 Å². The number of carbonyl (C=O) groups is 2. The number of aromatic hydroxyl groups is 1. The number of aliphatic carboxylic acids is 1. The van der Waals surface area contributed by atoms with Crippen molar-refractivity contribution in [2.45, 2.75) is 12.5 Å². The fraction of sp³-hybridized carbons (Fsp3) is 0.154. The molecular formula is C13H12BrN3O4. The molecule has 1 aromatic carbocycles. The summed E-state index contributed by atoms with van der Waals surface area (Å²) in [5.74, 6) is -1.83. The summed E-state index contributed by atoms with van der Waals surface area (Å²) in [7, 11) is 0. The highest BCUT2D eigenvalue weighted by atomic mass is 79.9. The number of hydrogen-bond acceptors (Lipinski definition) is 4. The third kappa shape index (κ3) is 3.82. The number of aromatic amines is 1. The monoisotopic (exact) mass is 353 g/mol. The summed E-state index contributed by atoms with van der Waals surface area (Å²) in [6, 6.07) is 3.15. The summed E-state index contributed by atoms with van der Waals surface area (Å²) < 4.78 is 0.450. The lowest BCUT2D eigenvalue weighted by molar-refractivity contribution is -0.139. The molecule has 110 valence electrons. The van der Waals surface area contributed by atoms with Crippen LogP contribution < -0.4 is 5.32 Å². The van der Waals surface area contributed by atoms with E-state index in [1.807, 2.05) is 0 Å². The van der Waals surface area contributed by atoms with Gasteiger partial charge in [0.05, 0.1) is 10.8 Å². The van der Waals surface area contributed by atoms with Crippen molar-refractivity contribution in [3.8, 4) is 5.75 Å². The molecule has 1 atom stereocenters. The predicted molar refractivity (Wildman–Crippen MR) is 77.0 cm³/mol. The number of rotatable bonds is 5. The quantitative estimate of drug-likeness (QED) is 0.646. The van der Waals surface area contributed by atoms with Gasteiger partial charge in [-0.05, 0) is 34.1 Å². The number of phenols is 1. The fourth-order valence-electron chi connectivity index (χ4n) is 1.71. The smallest absolute Gasteiger partial charge is 0.326 e. The minimum atomic E-state index is -1.15. The Balaban J connectivity index is 2.10. The molecule has 0 bridgehead atoms. The zero-order valence-electron chi connectivity index (χ0n) is 10.7. The predicted octanol–water partition coefficient (Wildman–Crippen LogP) is 1.30. The average Bonchev–Trinajstić information content (AvgIpc) is 2.93. The molecule has 21 heavy (non-hydrogen) atoms. The van der Waals surface area contributed by atoms with E-state index in [-0.39, 0.29) is 17.7 Å². The molecule has 0 saturated carbocycles. The molecule has 1 aromatic heterocycles. The van der Waals surface area contributed by atoms with Crippen molar-refractivity contribution in [2.24, 2.45) is 0 Å². The van der Waals surface area contributed by atoms with Gasteiger partial charge in [-0.2, -0.15) is 0 Å². The number of carbonyl (C=O) groups excluding carboxylic acids is 1. The van der Waals surface area contributed by atoms with Gasteiger partial charge in [0.1, 0.15) is 11.8 Å². The van der Waals surface area contributed by atoms with Gasteiger partial charge in [0, 0.05) is 23.9 Å². The number of imidazole rings is 1. The van der Waals surface area contributed by atoms with Gasteiger partial charge in [-0.25, -0.2) is 9.78 Å². The Morgan fingerprint density at radius 3 is 2.76 bits per heavy atom. The molecule has 2 rings (SSSR count). The Bertz CT molecular complexity index is 657. The number of carboxylic acid groups (broad SMARTS) is 1. The summed E-state index contributed by atoms with van der Waals surface area (Å²) in [5, 5.41) is 21.1. The molecule has 2 aromatic rings. The van der Waals surface area contributed by atoms with Gasteiger partial charge in [-0.3, -0.25) is 4.79 Å².